The van der Waals surface area contributed by atoms with Crippen molar-refractivity contribution >= 4 is 5.91 Å². The van der Waals surface area contributed by atoms with Crippen LogP contribution in [-0.4, -0.2) is 71.7 Å². The Morgan fingerprint density at radius 3 is 2.33 bits per heavy atom. The summed E-state index contributed by atoms with van der Waals surface area (Å²) in [5.41, 5.74) is 0. The molecule has 2 saturated carbocycles. The molecule has 2 N–H and O–H groups in total. The minimum Gasteiger partial charge on any atom is -0.391 e. The van der Waals surface area contributed by atoms with Crippen LogP contribution in [0, 0.1) is 5.92 Å². The maximum Gasteiger partial charge on any atom is 0.234 e. The van der Waals surface area contributed by atoms with Crippen LogP contribution in [0.2, 0.25) is 0 Å². The van der Waals surface area contributed by atoms with E-state index < -0.39 is 0 Å². The van der Waals surface area contributed by atoms with Crippen molar-refractivity contribution < 1.29 is 9.90 Å². The molecule has 0 aromatic heterocycles. The lowest BCUT2D eigenvalue weighted by molar-refractivity contribution is -0.123. The van der Waals surface area contributed by atoms with Gasteiger partial charge in [-0.1, -0.05) is 19.8 Å². The van der Waals surface area contributed by atoms with Crippen LogP contribution in [0.25, 0.3) is 0 Å². The average Bonchev–Trinajstić information content (AvgIpc) is 2.58. The fourth-order valence-electron chi connectivity index (χ4n) is 4.65. The fourth-order valence-corrected chi connectivity index (χ4v) is 4.65. The molecular formula is C19H35N3O2. The number of carbonyl (C=O) groups excluding carboxylic acids is 1. The lowest BCUT2D eigenvalue weighted by Gasteiger charge is -2.42. The van der Waals surface area contributed by atoms with Crippen LogP contribution < -0.4 is 5.32 Å². The Bertz CT molecular complexity index is 401. The summed E-state index contributed by atoms with van der Waals surface area (Å²) in [6, 6.07) is 0.742. The summed E-state index contributed by atoms with van der Waals surface area (Å²) in [5.74, 6) is 1.02. The van der Waals surface area contributed by atoms with Crippen molar-refractivity contribution in [2.24, 2.45) is 5.92 Å². The molecule has 1 amide bonds. The Kier molecular flexibility index (Phi) is 6.53. The molecule has 5 heteroatoms. The maximum atomic E-state index is 12.3. The maximum absolute atomic E-state index is 12.3. The van der Waals surface area contributed by atoms with E-state index in [0.29, 0.717) is 18.6 Å². The molecule has 2 unspecified atom stereocenters. The highest BCUT2D eigenvalue weighted by Crippen LogP contribution is 2.25. The SMILES string of the molecule is CC1CCC(NC(=O)CN2CCN(C3CCCCC3O)CC2)CC1. The van der Waals surface area contributed by atoms with E-state index in [0.717, 1.165) is 64.2 Å². The number of aliphatic hydroxyl groups excluding tert-OH is 1. The first-order valence-corrected chi connectivity index (χ1v) is 10.1. The summed E-state index contributed by atoms with van der Waals surface area (Å²) in [6.45, 7) is 6.69. The van der Waals surface area contributed by atoms with Crippen molar-refractivity contribution in [3.05, 3.63) is 0 Å². The zero-order chi connectivity index (χ0) is 16.9. The molecule has 0 spiro atoms. The number of rotatable bonds is 4. The minimum absolute atomic E-state index is 0.151. The summed E-state index contributed by atoms with van der Waals surface area (Å²) in [6.07, 6.45) is 9.10. The van der Waals surface area contributed by atoms with Crippen LogP contribution in [-0.2, 0) is 4.79 Å². The Labute approximate surface area is 146 Å². The van der Waals surface area contributed by atoms with Crippen LogP contribution in [0.5, 0.6) is 0 Å². The van der Waals surface area contributed by atoms with E-state index in [1.165, 1.54) is 19.3 Å². The molecule has 1 heterocycles. The Morgan fingerprint density at radius 1 is 1.00 bits per heavy atom. The van der Waals surface area contributed by atoms with Gasteiger partial charge in [0.2, 0.25) is 5.91 Å². The largest absolute Gasteiger partial charge is 0.391 e. The summed E-state index contributed by atoms with van der Waals surface area (Å²) in [4.78, 5) is 17.0. The fraction of sp³-hybridized carbons (Fsp3) is 0.947. The highest BCUT2D eigenvalue weighted by atomic mass is 16.3. The Morgan fingerprint density at radius 2 is 1.67 bits per heavy atom. The molecule has 3 fully saturated rings. The van der Waals surface area contributed by atoms with Gasteiger partial charge in [-0.25, -0.2) is 0 Å². The molecule has 0 bridgehead atoms. The lowest BCUT2D eigenvalue weighted by Crippen LogP contribution is -2.56. The molecule has 138 valence electrons. The van der Waals surface area contributed by atoms with Crippen molar-refractivity contribution in [1.29, 1.82) is 0 Å². The molecule has 3 rings (SSSR count). The molecule has 0 radical (unpaired) electrons. The first-order chi connectivity index (χ1) is 11.6. The summed E-state index contributed by atoms with van der Waals surface area (Å²) in [5, 5.41) is 13.4. The minimum atomic E-state index is -0.151. The van der Waals surface area contributed by atoms with Crippen molar-refractivity contribution in [3.8, 4) is 0 Å². The standard InChI is InChI=1S/C19H35N3O2/c1-15-6-8-16(9-7-15)20-19(24)14-21-10-12-22(13-11-21)17-4-2-3-5-18(17)23/h15-18,23H,2-14H2,1H3,(H,20,24). The van der Waals surface area contributed by atoms with E-state index in [4.69, 9.17) is 0 Å². The Balaban J connectivity index is 1.36. The second-order valence-electron chi connectivity index (χ2n) is 8.26. The number of aliphatic hydroxyl groups is 1. The van der Waals surface area contributed by atoms with Crippen molar-refractivity contribution in [2.45, 2.75) is 76.5 Å². The van der Waals surface area contributed by atoms with Gasteiger partial charge >= 0.3 is 0 Å². The topological polar surface area (TPSA) is 55.8 Å². The first kappa shape index (κ1) is 18.2. The van der Waals surface area contributed by atoms with Gasteiger partial charge in [-0.05, 0) is 44.4 Å². The number of piperazine rings is 1. The van der Waals surface area contributed by atoms with E-state index in [1.54, 1.807) is 0 Å². The van der Waals surface area contributed by atoms with Crippen LogP contribution in [0.15, 0.2) is 0 Å². The smallest absolute Gasteiger partial charge is 0.234 e. The quantitative estimate of drug-likeness (QED) is 0.818. The van der Waals surface area contributed by atoms with Crippen LogP contribution >= 0.6 is 0 Å². The van der Waals surface area contributed by atoms with Crippen LogP contribution in [0.1, 0.15) is 58.3 Å². The zero-order valence-electron chi connectivity index (χ0n) is 15.3. The van der Waals surface area contributed by atoms with Gasteiger partial charge in [0.25, 0.3) is 0 Å². The molecule has 5 nitrogen and oxygen atoms in total. The highest BCUT2D eigenvalue weighted by Gasteiger charge is 2.31. The average molecular weight is 338 g/mol. The second-order valence-corrected chi connectivity index (χ2v) is 8.26. The zero-order valence-corrected chi connectivity index (χ0v) is 15.3. The first-order valence-electron chi connectivity index (χ1n) is 10.1. The number of amides is 1. The molecule has 24 heavy (non-hydrogen) atoms. The molecule has 0 aromatic carbocycles. The van der Waals surface area contributed by atoms with E-state index in [1.807, 2.05) is 0 Å². The highest BCUT2D eigenvalue weighted by molar-refractivity contribution is 5.78. The second kappa shape index (κ2) is 8.63. The van der Waals surface area contributed by atoms with Gasteiger partial charge in [-0.3, -0.25) is 14.6 Å². The number of hydrogen-bond acceptors (Lipinski definition) is 4. The van der Waals surface area contributed by atoms with Crippen LogP contribution in [0.3, 0.4) is 0 Å². The van der Waals surface area contributed by atoms with Gasteiger partial charge in [0.15, 0.2) is 0 Å². The number of carbonyl (C=O) groups is 1. The van der Waals surface area contributed by atoms with E-state index in [2.05, 4.69) is 22.0 Å². The summed E-state index contributed by atoms with van der Waals surface area (Å²) in [7, 11) is 0. The number of nitrogens with one attached hydrogen (secondary N) is 1. The predicted molar refractivity (Wildman–Crippen MR) is 95.8 cm³/mol. The monoisotopic (exact) mass is 337 g/mol. The summed E-state index contributed by atoms with van der Waals surface area (Å²) < 4.78 is 0. The molecule has 2 aliphatic carbocycles. The van der Waals surface area contributed by atoms with Gasteiger partial charge in [-0.15, -0.1) is 0 Å². The Hall–Kier alpha value is -0.650. The van der Waals surface area contributed by atoms with Crippen molar-refractivity contribution in [3.63, 3.8) is 0 Å². The van der Waals surface area contributed by atoms with Gasteiger partial charge in [0, 0.05) is 38.3 Å². The molecule has 0 aromatic rings. The predicted octanol–water partition coefficient (Wildman–Crippen LogP) is 1.60. The van der Waals surface area contributed by atoms with Crippen molar-refractivity contribution in [1.82, 2.24) is 15.1 Å². The number of hydrogen-bond donors (Lipinski definition) is 2. The van der Waals surface area contributed by atoms with E-state index in [-0.39, 0.29) is 12.0 Å². The molecule has 1 saturated heterocycles. The van der Waals surface area contributed by atoms with E-state index in [9.17, 15) is 9.90 Å². The normalized spacial score (nSPS) is 36.4. The van der Waals surface area contributed by atoms with Crippen LogP contribution in [0.4, 0.5) is 0 Å². The van der Waals surface area contributed by atoms with E-state index >= 15 is 0 Å². The molecule has 2 atom stereocenters. The van der Waals surface area contributed by atoms with Gasteiger partial charge < -0.3 is 10.4 Å². The third-order valence-electron chi connectivity index (χ3n) is 6.32. The summed E-state index contributed by atoms with van der Waals surface area (Å²) >= 11 is 0. The lowest BCUT2D eigenvalue weighted by atomic mass is 9.87. The molecular weight excluding hydrogens is 302 g/mol. The van der Waals surface area contributed by atoms with Gasteiger partial charge in [-0.2, -0.15) is 0 Å². The third kappa shape index (κ3) is 4.93. The third-order valence-corrected chi connectivity index (χ3v) is 6.32. The molecule has 3 aliphatic rings. The number of nitrogens with zero attached hydrogens (tertiary/aromatic N) is 2. The molecule has 1 aliphatic heterocycles. The van der Waals surface area contributed by atoms with Gasteiger partial charge in [0.05, 0.1) is 12.6 Å². The van der Waals surface area contributed by atoms with Crippen molar-refractivity contribution in [2.75, 3.05) is 32.7 Å². The van der Waals surface area contributed by atoms with Gasteiger partial charge in [0.1, 0.15) is 0 Å².